The van der Waals surface area contributed by atoms with Gasteiger partial charge in [0.2, 0.25) is 5.91 Å². The smallest absolute Gasteiger partial charge is 0.219 e. The molecule has 6 heteroatoms. The second kappa shape index (κ2) is 19.3. The van der Waals surface area contributed by atoms with Crippen molar-refractivity contribution >= 4 is 11.7 Å². The van der Waals surface area contributed by atoms with Crippen LogP contribution in [0.3, 0.4) is 0 Å². The van der Waals surface area contributed by atoms with E-state index in [0.717, 1.165) is 19.3 Å². The van der Waals surface area contributed by atoms with Gasteiger partial charge in [0.15, 0.2) is 0 Å². The molecule has 0 saturated heterocycles. The third-order valence-corrected chi connectivity index (χ3v) is 3.45. The molecule has 150 valence electrons. The molecule has 1 saturated carbocycles. The van der Waals surface area contributed by atoms with Crippen LogP contribution in [0.5, 0.6) is 0 Å². The van der Waals surface area contributed by atoms with Crippen molar-refractivity contribution in [1.29, 1.82) is 0 Å². The van der Waals surface area contributed by atoms with Gasteiger partial charge in [-0.15, -0.1) is 0 Å². The molecular weight excluding hydrogens is 322 g/mol. The van der Waals surface area contributed by atoms with E-state index in [1.54, 1.807) is 0 Å². The highest BCUT2D eigenvalue weighted by atomic mass is 16.5. The zero-order valence-electron chi connectivity index (χ0n) is 16.8. The van der Waals surface area contributed by atoms with Gasteiger partial charge < -0.3 is 19.9 Å². The largest absolute Gasteiger partial charge is 0.379 e. The van der Waals surface area contributed by atoms with E-state index >= 15 is 0 Å². The number of hydrogen-bond acceptors (Lipinski definition) is 5. The van der Waals surface area contributed by atoms with Crippen LogP contribution in [0.15, 0.2) is 0 Å². The van der Waals surface area contributed by atoms with E-state index in [2.05, 4.69) is 0 Å². The van der Waals surface area contributed by atoms with Crippen LogP contribution in [0.1, 0.15) is 66.7 Å². The van der Waals surface area contributed by atoms with Crippen molar-refractivity contribution in [3.8, 4) is 0 Å². The van der Waals surface area contributed by atoms with Crippen LogP contribution in [0.4, 0.5) is 0 Å². The van der Waals surface area contributed by atoms with Crippen molar-refractivity contribution in [3.05, 3.63) is 0 Å². The Labute approximate surface area is 153 Å². The Kier molecular flexibility index (Phi) is 20.3. The minimum Gasteiger partial charge on any atom is -0.379 e. The van der Waals surface area contributed by atoms with E-state index in [9.17, 15) is 9.59 Å². The van der Waals surface area contributed by atoms with E-state index < -0.39 is 0 Å². The summed E-state index contributed by atoms with van der Waals surface area (Å²) in [5, 5.41) is 0. The highest BCUT2D eigenvalue weighted by Crippen LogP contribution is 2.27. The number of ketones is 1. The SMILES string of the molecule is CC.CC(C)OCCOCCOCCC(N)=O.CCC(=O)C1CCC1. The summed E-state index contributed by atoms with van der Waals surface area (Å²) in [6.45, 7) is 12.4. The first-order valence-electron chi connectivity index (χ1n) is 9.55. The lowest BCUT2D eigenvalue weighted by Gasteiger charge is -2.22. The van der Waals surface area contributed by atoms with E-state index in [-0.39, 0.29) is 18.4 Å². The summed E-state index contributed by atoms with van der Waals surface area (Å²) in [6, 6.07) is 0. The number of hydrogen-bond donors (Lipinski definition) is 1. The fraction of sp³-hybridized carbons (Fsp3) is 0.895. The van der Waals surface area contributed by atoms with E-state index in [4.69, 9.17) is 19.9 Å². The molecule has 25 heavy (non-hydrogen) atoms. The lowest BCUT2D eigenvalue weighted by atomic mass is 9.81. The molecule has 1 fully saturated rings. The van der Waals surface area contributed by atoms with Crippen LogP contribution >= 0.6 is 0 Å². The molecule has 0 aromatic heterocycles. The fourth-order valence-corrected chi connectivity index (χ4v) is 1.86. The second-order valence-corrected chi connectivity index (χ2v) is 5.81. The molecule has 0 aromatic carbocycles. The van der Waals surface area contributed by atoms with E-state index in [1.165, 1.54) is 6.42 Å². The Morgan fingerprint density at radius 1 is 1.00 bits per heavy atom. The molecule has 2 N–H and O–H groups in total. The minimum atomic E-state index is -0.346. The molecule has 6 nitrogen and oxygen atoms in total. The third kappa shape index (κ3) is 19.2. The number of primary amides is 1. The van der Waals surface area contributed by atoms with E-state index in [1.807, 2.05) is 34.6 Å². The van der Waals surface area contributed by atoms with Gasteiger partial charge >= 0.3 is 0 Å². The highest BCUT2D eigenvalue weighted by molar-refractivity contribution is 5.81. The Morgan fingerprint density at radius 3 is 1.88 bits per heavy atom. The first kappa shape index (κ1) is 26.3. The molecule has 0 aromatic rings. The number of nitrogens with two attached hydrogens (primary N) is 1. The Bertz CT molecular complexity index is 317. The number of ether oxygens (including phenoxy) is 3. The average molecular weight is 362 g/mol. The van der Waals surface area contributed by atoms with Crippen molar-refractivity contribution < 1.29 is 23.8 Å². The summed E-state index contributed by atoms with van der Waals surface area (Å²) in [4.78, 5) is 21.1. The second-order valence-electron chi connectivity index (χ2n) is 5.81. The van der Waals surface area contributed by atoms with Gasteiger partial charge in [-0.2, -0.15) is 0 Å². The predicted molar refractivity (Wildman–Crippen MR) is 101 cm³/mol. The highest BCUT2D eigenvalue weighted by Gasteiger charge is 2.22. The molecule has 0 atom stereocenters. The van der Waals surface area contributed by atoms with E-state index in [0.29, 0.717) is 44.7 Å². The number of rotatable bonds is 12. The van der Waals surface area contributed by atoms with Gasteiger partial charge in [0, 0.05) is 18.8 Å². The predicted octanol–water partition coefficient (Wildman–Crippen LogP) is 3.11. The summed E-state index contributed by atoms with van der Waals surface area (Å²) >= 11 is 0. The molecule has 1 amide bonds. The van der Waals surface area contributed by atoms with Gasteiger partial charge in [0.05, 0.1) is 39.1 Å². The number of amides is 1. The zero-order chi connectivity index (χ0) is 19.5. The van der Waals surface area contributed by atoms with Gasteiger partial charge in [-0.3, -0.25) is 9.59 Å². The van der Waals surface area contributed by atoms with Crippen molar-refractivity contribution in [2.75, 3.05) is 33.0 Å². The zero-order valence-corrected chi connectivity index (χ0v) is 16.8. The summed E-state index contributed by atoms with van der Waals surface area (Å²) in [5.41, 5.74) is 4.93. The van der Waals surface area contributed by atoms with Crippen LogP contribution in [0, 0.1) is 5.92 Å². The van der Waals surface area contributed by atoms with Crippen LogP contribution in [-0.4, -0.2) is 50.8 Å². The lowest BCUT2D eigenvalue weighted by molar-refractivity contribution is -0.124. The van der Waals surface area contributed by atoms with Gasteiger partial charge in [-0.1, -0.05) is 27.2 Å². The van der Waals surface area contributed by atoms with Gasteiger partial charge in [-0.05, 0) is 26.7 Å². The van der Waals surface area contributed by atoms with Gasteiger partial charge in [0.1, 0.15) is 5.78 Å². The Hall–Kier alpha value is -0.980. The standard InChI is InChI=1S/C10H21NO4.C7H12O.C2H6/c1-9(2)15-8-7-14-6-5-13-4-3-10(11)12;1-2-7(8)6-4-3-5-6;1-2/h9H,3-8H2,1-2H3,(H2,11,12);6H,2-5H2,1H3;1-2H3. The monoisotopic (exact) mass is 361 g/mol. The number of carbonyl (C=O) groups is 2. The van der Waals surface area contributed by atoms with Crippen molar-refractivity contribution in [3.63, 3.8) is 0 Å². The summed E-state index contributed by atoms with van der Waals surface area (Å²) < 4.78 is 15.6. The molecule has 1 aliphatic rings. The minimum absolute atomic E-state index is 0.236. The summed E-state index contributed by atoms with van der Waals surface area (Å²) in [6.07, 6.45) is 4.83. The summed E-state index contributed by atoms with van der Waals surface area (Å²) in [7, 11) is 0. The number of carbonyl (C=O) groups excluding carboxylic acids is 2. The molecular formula is C19H39NO5. The van der Waals surface area contributed by atoms with Gasteiger partial charge in [0.25, 0.3) is 0 Å². The summed E-state index contributed by atoms with van der Waals surface area (Å²) in [5.74, 6) is 0.581. The molecule has 0 aliphatic heterocycles. The molecule has 0 heterocycles. The molecule has 1 aliphatic carbocycles. The number of Topliss-reactive ketones (excluding diaryl/α,β-unsaturated/α-hetero) is 1. The van der Waals surface area contributed by atoms with Gasteiger partial charge in [-0.25, -0.2) is 0 Å². The van der Waals surface area contributed by atoms with Crippen LogP contribution in [-0.2, 0) is 23.8 Å². The molecule has 0 spiro atoms. The quantitative estimate of drug-likeness (QED) is 0.540. The third-order valence-electron chi connectivity index (χ3n) is 3.45. The molecule has 0 radical (unpaired) electrons. The topological polar surface area (TPSA) is 87.8 Å². The van der Waals surface area contributed by atoms with Crippen LogP contribution in [0.25, 0.3) is 0 Å². The van der Waals surface area contributed by atoms with Crippen molar-refractivity contribution in [2.45, 2.75) is 72.8 Å². The maximum Gasteiger partial charge on any atom is 0.219 e. The first-order chi connectivity index (χ1) is 12.0. The average Bonchev–Trinajstić information content (AvgIpc) is 2.53. The fourth-order valence-electron chi connectivity index (χ4n) is 1.86. The Balaban J connectivity index is 0. The molecule has 0 unspecified atom stereocenters. The van der Waals surface area contributed by atoms with Crippen molar-refractivity contribution in [1.82, 2.24) is 0 Å². The van der Waals surface area contributed by atoms with Crippen LogP contribution < -0.4 is 5.73 Å². The molecule has 0 bridgehead atoms. The first-order valence-corrected chi connectivity index (χ1v) is 9.55. The lowest BCUT2D eigenvalue weighted by Crippen LogP contribution is -2.20. The maximum atomic E-state index is 10.8. The Morgan fingerprint density at radius 2 is 1.52 bits per heavy atom. The normalized spacial score (nSPS) is 13.2. The maximum absolute atomic E-state index is 10.8. The molecule has 1 rings (SSSR count). The van der Waals surface area contributed by atoms with Crippen LogP contribution in [0.2, 0.25) is 0 Å². The van der Waals surface area contributed by atoms with Crippen molar-refractivity contribution in [2.24, 2.45) is 11.7 Å².